The SMILES string of the molecule is Cc1ccc(C2=NOC(CNc3nc(C)cc(Nc4cc(C5CC5)[nH]n4)n3)C2)cc1. The van der Waals surface area contributed by atoms with Crippen LogP contribution in [0.2, 0.25) is 0 Å². The third-order valence-electron chi connectivity index (χ3n) is 5.33. The molecule has 8 heteroatoms. The van der Waals surface area contributed by atoms with E-state index in [-0.39, 0.29) is 6.10 Å². The minimum absolute atomic E-state index is 0.0470. The highest BCUT2D eigenvalue weighted by molar-refractivity contribution is 6.01. The van der Waals surface area contributed by atoms with Crippen LogP contribution >= 0.6 is 0 Å². The van der Waals surface area contributed by atoms with Crippen molar-refractivity contribution in [2.75, 3.05) is 17.2 Å². The van der Waals surface area contributed by atoms with Gasteiger partial charge in [-0.05, 0) is 32.3 Å². The van der Waals surface area contributed by atoms with E-state index in [1.54, 1.807) is 0 Å². The fourth-order valence-electron chi connectivity index (χ4n) is 3.51. The van der Waals surface area contributed by atoms with Gasteiger partial charge in [-0.1, -0.05) is 35.0 Å². The normalized spacial score (nSPS) is 18.1. The Morgan fingerprint density at radius 3 is 2.70 bits per heavy atom. The van der Waals surface area contributed by atoms with E-state index in [4.69, 9.17) is 4.84 Å². The van der Waals surface area contributed by atoms with E-state index in [0.29, 0.717) is 24.2 Å². The summed E-state index contributed by atoms with van der Waals surface area (Å²) in [5.41, 5.74) is 5.36. The van der Waals surface area contributed by atoms with Crippen LogP contribution in [0.3, 0.4) is 0 Å². The molecule has 1 unspecified atom stereocenters. The molecule has 0 amide bonds. The number of aromatic amines is 1. The van der Waals surface area contributed by atoms with E-state index in [1.807, 2.05) is 13.0 Å². The summed E-state index contributed by atoms with van der Waals surface area (Å²) in [4.78, 5) is 14.6. The van der Waals surface area contributed by atoms with Gasteiger partial charge >= 0.3 is 0 Å². The van der Waals surface area contributed by atoms with Crippen molar-refractivity contribution in [1.29, 1.82) is 0 Å². The number of H-pyrrole nitrogens is 1. The van der Waals surface area contributed by atoms with Crippen molar-refractivity contribution in [3.05, 3.63) is 58.9 Å². The zero-order valence-electron chi connectivity index (χ0n) is 17.1. The van der Waals surface area contributed by atoms with Gasteiger partial charge in [-0.2, -0.15) is 10.1 Å². The van der Waals surface area contributed by atoms with Gasteiger partial charge in [-0.25, -0.2) is 4.98 Å². The molecule has 2 aromatic heterocycles. The number of benzene rings is 1. The highest BCUT2D eigenvalue weighted by Gasteiger charge is 2.25. The number of hydrogen-bond donors (Lipinski definition) is 3. The molecule has 1 aliphatic heterocycles. The highest BCUT2D eigenvalue weighted by atomic mass is 16.6. The predicted molar refractivity (Wildman–Crippen MR) is 116 cm³/mol. The molecular formula is C22H25N7O. The number of aromatic nitrogens is 4. The second-order valence-electron chi connectivity index (χ2n) is 8.04. The Labute approximate surface area is 175 Å². The van der Waals surface area contributed by atoms with Crippen LogP contribution in [-0.4, -0.2) is 38.5 Å². The Morgan fingerprint density at radius 2 is 1.90 bits per heavy atom. The van der Waals surface area contributed by atoms with E-state index in [0.717, 1.165) is 29.2 Å². The van der Waals surface area contributed by atoms with Gasteiger partial charge in [0.05, 0.1) is 12.3 Å². The van der Waals surface area contributed by atoms with E-state index in [2.05, 4.69) is 73.2 Å². The van der Waals surface area contributed by atoms with Gasteiger partial charge in [0.25, 0.3) is 0 Å². The van der Waals surface area contributed by atoms with Crippen molar-refractivity contribution < 1.29 is 4.84 Å². The maximum atomic E-state index is 5.60. The van der Waals surface area contributed by atoms with Crippen LogP contribution < -0.4 is 10.6 Å². The van der Waals surface area contributed by atoms with Crippen LogP contribution in [0.4, 0.5) is 17.6 Å². The third-order valence-corrected chi connectivity index (χ3v) is 5.33. The quantitative estimate of drug-likeness (QED) is 0.550. The van der Waals surface area contributed by atoms with Crippen LogP contribution in [0.1, 0.15) is 47.7 Å². The topological polar surface area (TPSA) is 100 Å². The number of hydrogen-bond acceptors (Lipinski definition) is 7. The number of rotatable bonds is 7. The molecule has 8 nitrogen and oxygen atoms in total. The molecule has 0 saturated heterocycles. The molecule has 1 atom stereocenters. The van der Waals surface area contributed by atoms with Gasteiger partial charge in [0.2, 0.25) is 5.95 Å². The zero-order valence-corrected chi connectivity index (χ0v) is 17.1. The molecule has 0 bridgehead atoms. The van der Waals surface area contributed by atoms with E-state index >= 15 is 0 Å². The maximum Gasteiger partial charge on any atom is 0.224 e. The monoisotopic (exact) mass is 403 g/mol. The number of nitrogens with one attached hydrogen (secondary N) is 3. The third kappa shape index (κ3) is 4.27. The Kier molecular flexibility index (Phi) is 4.82. The lowest BCUT2D eigenvalue weighted by atomic mass is 10.0. The summed E-state index contributed by atoms with van der Waals surface area (Å²) in [6, 6.07) is 12.3. The van der Waals surface area contributed by atoms with Crippen molar-refractivity contribution in [2.45, 2.75) is 45.1 Å². The van der Waals surface area contributed by atoms with Crippen molar-refractivity contribution in [3.8, 4) is 0 Å². The average Bonchev–Trinajstić information content (AvgIpc) is 3.29. The Balaban J connectivity index is 1.18. The van der Waals surface area contributed by atoms with Gasteiger partial charge in [-0.3, -0.25) is 5.10 Å². The van der Waals surface area contributed by atoms with Crippen molar-refractivity contribution in [2.24, 2.45) is 5.16 Å². The average molecular weight is 403 g/mol. The van der Waals surface area contributed by atoms with Crippen LogP contribution in [0, 0.1) is 13.8 Å². The fraction of sp³-hybridized carbons (Fsp3) is 0.364. The molecule has 3 N–H and O–H groups in total. The molecule has 30 heavy (non-hydrogen) atoms. The van der Waals surface area contributed by atoms with Crippen molar-refractivity contribution in [1.82, 2.24) is 20.2 Å². The molecular weight excluding hydrogens is 378 g/mol. The highest BCUT2D eigenvalue weighted by Crippen LogP contribution is 2.39. The lowest BCUT2D eigenvalue weighted by Gasteiger charge is -2.11. The van der Waals surface area contributed by atoms with Crippen LogP contribution in [0.25, 0.3) is 0 Å². The maximum absolute atomic E-state index is 5.60. The minimum Gasteiger partial charge on any atom is -0.390 e. The number of anilines is 3. The summed E-state index contributed by atoms with van der Waals surface area (Å²) in [7, 11) is 0. The van der Waals surface area contributed by atoms with Gasteiger partial charge in [0.1, 0.15) is 11.9 Å². The van der Waals surface area contributed by atoms with Crippen molar-refractivity contribution in [3.63, 3.8) is 0 Å². The number of aryl methyl sites for hydroxylation is 2. The molecule has 154 valence electrons. The largest absolute Gasteiger partial charge is 0.390 e. The Morgan fingerprint density at radius 1 is 1.07 bits per heavy atom. The molecule has 2 aliphatic rings. The van der Waals surface area contributed by atoms with Crippen LogP contribution in [0.5, 0.6) is 0 Å². The summed E-state index contributed by atoms with van der Waals surface area (Å²) < 4.78 is 0. The number of oxime groups is 1. The molecule has 1 aromatic carbocycles. The molecule has 1 aliphatic carbocycles. The van der Waals surface area contributed by atoms with Gasteiger partial charge in [0.15, 0.2) is 5.82 Å². The summed E-state index contributed by atoms with van der Waals surface area (Å²) in [5.74, 6) is 2.68. The summed E-state index contributed by atoms with van der Waals surface area (Å²) >= 11 is 0. The van der Waals surface area contributed by atoms with E-state index in [9.17, 15) is 0 Å². The van der Waals surface area contributed by atoms with Gasteiger partial charge in [0, 0.05) is 35.9 Å². The van der Waals surface area contributed by atoms with Crippen LogP contribution in [-0.2, 0) is 4.84 Å². The first-order chi connectivity index (χ1) is 14.6. The minimum atomic E-state index is -0.0470. The van der Waals surface area contributed by atoms with Gasteiger partial charge < -0.3 is 15.5 Å². The van der Waals surface area contributed by atoms with Crippen molar-refractivity contribution >= 4 is 23.3 Å². The molecule has 3 aromatic rings. The van der Waals surface area contributed by atoms with Crippen LogP contribution in [0.15, 0.2) is 41.6 Å². The summed E-state index contributed by atoms with van der Waals surface area (Å²) in [5, 5.41) is 18.2. The standard InChI is InChI=1S/C22H25N7O/c1-13-3-5-16(6-4-13)19-10-17(30-29-19)12-23-22-24-14(2)9-20(26-22)25-21-11-18(27-28-21)15-7-8-15/h3-6,9,11,15,17H,7-8,10,12H2,1-2H3,(H3,23,24,25,26,27,28). The van der Waals surface area contributed by atoms with Gasteiger partial charge in [-0.15, -0.1) is 0 Å². The second-order valence-corrected chi connectivity index (χ2v) is 8.04. The Bertz CT molecular complexity index is 1070. The van der Waals surface area contributed by atoms with E-state index in [1.165, 1.54) is 24.1 Å². The van der Waals surface area contributed by atoms with E-state index < -0.39 is 0 Å². The molecule has 0 radical (unpaired) electrons. The lowest BCUT2D eigenvalue weighted by molar-refractivity contribution is 0.0948. The summed E-state index contributed by atoms with van der Waals surface area (Å²) in [6.07, 6.45) is 3.18. The lowest BCUT2D eigenvalue weighted by Crippen LogP contribution is -2.21. The molecule has 1 fully saturated rings. The molecule has 5 rings (SSSR count). The first kappa shape index (κ1) is 18.6. The first-order valence-corrected chi connectivity index (χ1v) is 10.3. The molecule has 0 spiro atoms. The first-order valence-electron chi connectivity index (χ1n) is 10.3. The Hall–Kier alpha value is -3.42. The molecule has 3 heterocycles. The smallest absolute Gasteiger partial charge is 0.224 e. The molecule has 1 saturated carbocycles. The predicted octanol–water partition coefficient (Wildman–Crippen LogP) is 4.04. The fourth-order valence-corrected chi connectivity index (χ4v) is 3.51. The second kappa shape index (κ2) is 7.78. The summed E-state index contributed by atoms with van der Waals surface area (Å²) in [6.45, 7) is 4.60. The zero-order chi connectivity index (χ0) is 20.5. The number of nitrogens with zero attached hydrogens (tertiary/aromatic N) is 4.